The minimum absolute atomic E-state index is 0.0112. The van der Waals surface area contributed by atoms with E-state index in [4.69, 9.17) is 28.4 Å². The molecule has 1 spiro atoms. The van der Waals surface area contributed by atoms with Crippen LogP contribution in [0.3, 0.4) is 0 Å². The fourth-order valence-electron chi connectivity index (χ4n) is 18.8. The van der Waals surface area contributed by atoms with Gasteiger partial charge in [0.05, 0.1) is 45.2 Å². The average Bonchev–Trinajstić information content (AvgIpc) is 3.97. The molecule has 3 aromatic rings. The number of rotatable bonds is 10. The number of esters is 2. The van der Waals surface area contributed by atoms with Crippen LogP contribution < -0.4 is 0 Å². The zero-order chi connectivity index (χ0) is 37.6. The zero-order valence-corrected chi connectivity index (χ0v) is 32.8. The summed E-state index contributed by atoms with van der Waals surface area (Å²) in [6.45, 7) is 2.75. The lowest BCUT2D eigenvalue weighted by atomic mass is 9.19. The van der Waals surface area contributed by atoms with E-state index in [1.54, 1.807) is 11.1 Å². The molecule has 3 aromatic carbocycles. The van der Waals surface area contributed by atoms with Crippen molar-refractivity contribution in [3.63, 3.8) is 0 Å². The predicted molar refractivity (Wildman–Crippen MR) is 204 cm³/mol. The molecule has 7 saturated carbocycles. The largest absolute Gasteiger partial charge is 0.466 e. The second-order valence-electron chi connectivity index (χ2n) is 19.2. The standard InChI is InChI=1S/C47H52O8/c1-50-18-33-30-17-44(38-28-15-29(39(38)46(33,44)20-52-3)27-14-25-12-23-10-8-7-9-22(23)11-24(25)13-26(27)28)41-40(30)45(19-51-2)31-16-32(47(41,45)21-53-4)35-34(31)36(42(48)54-5)37(35)43(49)55-6/h7-14,28-35,38-41H,15-21H2,1-6H3/t28-,29+,30-,31+,32-,33+,34-,35+,38-,39+,40?,41?,44+,45+,46+,47-/m0/s1. The van der Waals surface area contributed by atoms with Crippen molar-refractivity contribution in [2.75, 3.05) is 69.1 Å². The number of carbonyl (C=O) groups is 2. The van der Waals surface area contributed by atoms with Crippen molar-refractivity contribution in [3.05, 3.63) is 70.8 Å². The molecular weight excluding hydrogens is 693 g/mol. The molecule has 0 aliphatic heterocycles. The monoisotopic (exact) mass is 744 g/mol. The van der Waals surface area contributed by atoms with Crippen LogP contribution in [-0.2, 0) is 38.0 Å². The average molecular weight is 745 g/mol. The first-order chi connectivity index (χ1) is 26.8. The van der Waals surface area contributed by atoms with Gasteiger partial charge in [-0.25, -0.2) is 9.59 Å². The molecule has 288 valence electrons. The highest BCUT2D eigenvalue weighted by atomic mass is 16.5. The molecule has 0 radical (unpaired) electrons. The van der Waals surface area contributed by atoms with Gasteiger partial charge in [0.1, 0.15) is 0 Å². The molecule has 0 saturated heterocycles. The van der Waals surface area contributed by atoms with E-state index >= 15 is 0 Å². The van der Waals surface area contributed by atoms with Gasteiger partial charge in [0.25, 0.3) is 0 Å². The molecule has 7 fully saturated rings. The maximum Gasteiger partial charge on any atom is 0.334 e. The molecule has 8 nitrogen and oxygen atoms in total. The van der Waals surface area contributed by atoms with Crippen LogP contribution in [0.25, 0.3) is 21.5 Å². The van der Waals surface area contributed by atoms with Gasteiger partial charge in [0.2, 0.25) is 0 Å². The number of fused-ring (bicyclic) bond motifs is 24. The Balaban J connectivity index is 1.06. The number of benzene rings is 3. The lowest BCUT2D eigenvalue weighted by molar-refractivity contribution is -0.396. The van der Waals surface area contributed by atoms with Crippen molar-refractivity contribution < 1.29 is 38.0 Å². The second kappa shape index (κ2) is 10.8. The maximum absolute atomic E-state index is 13.6. The highest BCUT2D eigenvalue weighted by molar-refractivity contribution is 6.05. The molecule has 0 aromatic heterocycles. The van der Waals surface area contributed by atoms with Crippen LogP contribution in [0.1, 0.15) is 42.2 Å². The SMILES string of the molecule is COC[C@@H]1[C@@H]2C[C@]3(C4C2[C@@]2(COC)[C@@H]5C[C@@H]([C@H]6C(C(=O)OC)=C(C(=O)OC)[C@H]65)[C@@]42COC)[C@@H]2[C@@H]([C@@H]4C[C@H]2c2cc5cc6ccccc6cc5cc24)[C@@]13COC. The fraction of sp³-hybridized carbons (Fsp3) is 0.617. The molecule has 9 aliphatic carbocycles. The first-order valence-corrected chi connectivity index (χ1v) is 20.6. The molecule has 16 atom stereocenters. The minimum atomic E-state index is -0.388. The third kappa shape index (κ3) is 3.20. The van der Waals surface area contributed by atoms with E-state index < -0.39 is 0 Å². The smallest absolute Gasteiger partial charge is 0.334 e. The molecule has 6 bridgehead atoms. The van der Waals surface area contributed by atoms with E-state index in [1.165, 1.54) is 48.6 Å². The Morgan fingerprint density at radius 1 is 0.618 bits per heavy atom. The lowest BCUT2D eigenvalue weighted by Crippen LogP contribution is -2.84. The van der Waals surface area contributed by atoms with Gasteiger partial charge < -0.3 is 28.4 Å². The van der Waals surface area contributed by atoms with E-state index in [0.717, 1.165) is 19.6 Å². The molecule has 0 amide bonds. The number of hydrogen-bond donors (Lipinski definition) is 0. The van der Waals surface area contributed by atoms with Gasteiger partial charge in [0, 0.05) is 63.1 Å². The van der Waals surface area contributed by atoms with Gasteiger partial charge >= 0.3 is 11.9 Å². The summed E-state index contributed by atoms with van der Waals surface area (Å²) in [5.74, 6) is 3.35. The second-order valence-corrected chi connectivity index (χ2v) is 19.2. The minimum Gasteiger partial charge on any atom is -0.466 e. The summed E-state index contributed by atoms with van der Waals surface area (Å²) in [6.07, 6.45) is 3.36. The number of methoxy groups -OCH3 is 6. The molecule has 0 heterocycles. The van der Waals surface area contributed by atoms with Crippen molar-refractivity contribution in [3.8, 4) is 0 Å². The third-order valence-electron chi connectivity index (χ3n) is 19.0. The Kier molecular flexibility index (Phi) is 6.64. The summed E-state index contributed by atoms with van der Waals surface area (Å²) in [5, 5.41) is 5.28. The van der Waals surface area contributed by atoms with Crippen LogP contribution in [0.15, 0.2) is 59.7 Å². The molecule has 55 heavy (non-hydrogen) atoms. The van der Waals surface area contributed by atoms with Crippen molar-refractivity contribution in [2.24, 2.45) is 80.8 Å². The Morgan fingerprint density at radius 2 is 1.16 bits per heavy atom. The van der Waals surface area contributed by atoms with E-state index in [1.807, 2.05) is 28.4 Å². The molecule has 2 unspecified atom stereocenters. The molecular formula is C47H52O8. The van der Waals surface area contributed by atoms with Crippen molar-refractivity contribution in [1.29, 1.82) is 0 Å². The summed E-state index contributed by atoms with van der Waals surface area (Å²) in [7, 11) is 10.4. The zero-order valence-electron chi connectivity index (χ0n) is 32.8. The highest BCUT2D eigenvalue weighted by Gasteiger charge is 2.99. The molecule has 12 rings (SSSR count). The van der Waals surface area contributed by atoms with Gasteiger partial charge in [-0.1, -0.05) is 36.4 Å². The van der Waals surface area contributed by atoms with Crippen molar-refractivity contribution in [2.45, 2.75) is 31.1 Å². The van der Waals surface area contributed by atoms with Gasteiger partial charge in [0.15, 0.2) is 0 Å². The topological polar surface area (TPSA) is 89.5 Å². The molecule has 9 aliphatic rings. The Hall–Kier alpha value is -3.30. The van der Waals surface area contributed by atoms with Crippen LogP contribution in [0.2, 0.25) is 0 Å². The highest BCUT2D eigenvalue weighted by Crippen LogP contribution is 3.01. The summed E-state index contributed by atoms with van der Waals surface area (Å²) in [6, 6.07) is 18.6. The van der Waals surface area contributed by atoms with Gasteiger partial charge in [-0.3, -0.25) is 0 Å². The normalized spacial score (nSPS) is 46.4. The Morgan fingerprint density at radius 3 is 1.73 bits per heavy atom. The first-order valence-electron chi connectivity index (χ1n) is 20.6. The quantitative estimate of drug-likeness (QED) is 0.128. The van der Waals surface area contributed by atoms with E-state index in [2.05, 4.69) is 48.5 Å². The summed E-state index contributed by atoms with van der Waals surface area (Å²) >= 11 is 0. The third-order valence-corrected chi connectivity index (χ3v) is 19.0. The maximum atomic E-state index is 13.6. The van der Waals surface area contributed by atoms with Gasteiger partial charge in [-0.05, 0) is 129 Å². The number of carbonyl (C=O) groups excluding carboxylic acids is 2. The van der Waals surface area contributed by atoms with E-state index in [9.17, 15) is 9.59 Å². The Labute approximate surface area is 322 Å². The number of hydrogen-bond acceptors (Lipinski definition) is 8. The lowest BCUT2D eigenvalue weighted by Gasteiger charge is -2.84. The summed E-state index contributed by atoms with van der Waals surface area (Å²) in [4.78, 5) is 27.1. The van der Waals surface area contributed by atoms with Crippen LogP contribution in [0.5, 0.6) is 0 Å². The fourth-order valence-corrected chi connectivity index (χ4v) is 18.8. The Bertz CT molecular complexity index is 2260. The molecule has 8 heteroatoms. The number of ether oxygens (including phenoxy) is 6. The van der Waals surface area contributed by atoms with Crippen molar-refractivity contribution in [1.82, 2.24) is 0 Å². The van der Waals surface area contributed by atoms with Crippen LogP contribution in [0.4, 0.5) is 0 Å². The van der Waals surface area contributed by atoms with E-state index in [0.29, 0.717) is 71.7 Å². The first kappa shape index (κ1) is 33.8. The summed E-state index contributed by atoms with van der Waals surface area (Å²) < 4.78 is 36.4. The van der Waals surface area contributed by atoms with Crippen molar-refractivity contribution >= 4 is 33.5 Å². The van der Waals surface area contributed by atoms with Crippen LogP contribution in [-0.4, -0.2) is 81.0 Å². The van der Waals surface area contributed by atoms with E-state index in [-0.39, 0.29) is 57.3 Å². The van der Waals surface area contributed by atoms with Crippen LogP contribution in [0, 0.1) is 80.8 Å². The predicted octanol–water partition coefficient (Wildman–Crippen LogP) is 6.79. The van der Waals surface area contributed by atoms with Gasteiger partial charge in [-0.15, -0.1) is 0 Å². The van der Waals surface area contributed by atoms with Gasteiger partial charge in [-0.2, -0.15) is 0 Å². The van der Waals surface area contributed by atoms with Crippen LogP contribution >= 0.6 is 0 Å². The summed E-state index contributed by atoms with van der Waals surface area (Å²) in [5.41, 5.74) is 3.93. The molecule has 0 N–H and O–H groups in total.